The Bertz CT molecular complexity index is 480. The summed E-state index contributed by atoms with van der Waals surface area (Å²) in [6.07, 6.45) is 0.947. The molecular weight excluding hydrogens is 208 g/mol. The molecule has 2 N–H and O–H groups in total. The molecule has 0 saturated heterocycles. The zero-order valence-electron chi connectivity index (χ0n) is 7.30. The maximum absolute atomic E-state index is 11.1. The lowest BCUT2D eigenvalue weighted by Gasteiger charge is -2.01. The highest BCUT2D eigenvalue weighted by Crippen LogP contribution is 2.23. The molecule has 14 heavy (non-hydrogen) atoms. The van der Waals surface area contributed by atoms with E-state index in [9.17, 15) is 18.5 Å². The molecule has 76 valence electrons. The van der Waals surface area contributed by atoms with Gasteiger partial charge in [-0.3, -0.25) is 10.1 Å². The fraction of sp³-hybridized carbons (Fsp3) is 0.143. The first-order valence-electron chi connectivity index (χ1n) is 3.56. The second-order valence-corrected chi connectivity index (χ2v) is 4.74. The van der Waals surface area contributed by atoms with E-state index in [1.807, 2.05) is 0 Å². The van der Waals surface area contributed by atoms with Crippen LogP contribution in [0.1, 0.15) is 0 Å². The van der Waals surface area contributed by atoms with E-state index in [0.29, 0.717) is 0 Å². The largest absolute Gasteiger partial charge is 0.398 e. The molecule has 0 spiro atoms. The first kappa shape index (κ1) is 10.5. The minimum atomic E-state index is -3.52. The summed E-state index contributed by atoms with van der Waals surface area (Å²) in [5.41, 5.74) is 5.09. The van der Waals surface area contributed by atoms with Gasteiger partial charge in [-0.15, -0.1) is 0 Å². The quantitative estimate of drug-likeness (QED) is 0.442. The summed E-state index contributed by atoms with van der Waals surface area (Å²) in [5, 5.41) is 10.4. The third-order valence-corrected chi connectivity index (χ3v) is 2.76. The van der Waals surface area contributed by atoms with Crippen LogP contribution in [0, 0.1) is 10.1 Å². The van der Waals surface area contributed by atoms with Crippen LogP contribution in [0.15, 0.2) is 23.1 Å². The van der Waals surface area contributed by atoms with Crippen LogP contribution in [0.25, 0.3) is 0 Å². The van der Waals surface area contributed by atoms with Crippen LogP contribution in [0.5, 0.6) is 0 Å². The molecule has 0 aromatic heterocycles. The van der Waals surface area contributed by atoms with Crippen LogP contribution in [0.2, 0.25) is 0 Å². The molecule has 0 radical (unpaired) electrons. The molecule has 0 amide bonds. The van der Waals surface area contributed by atoms with Gasteiger partial charge < -0.3 is 5.73 Å². The van der Waals surface area contributed by atoms with Crippen LogP contribution in [-0.4, -0.2) is 19.6 Å². The molecule has 0 unspecified atom stereocenters. The van der Waals surface area contributed by atoms with Gasteiger partial charge in [-0.2, -0.15) is 0 Å². The van der Waals surface area contributed by atoms with Crippen LogP contribution in [0.4, 0.5) is 11.4 Å². The summed E-state index contributed by atoms with van der Waals surface area (Å²) in [6, 6.07) is 3.31. The Balaban J connectivity index is 3.44. The van der Waals surface area contributed by atoms with Gasteiger partial charge >= 0.3 is 0 Å². The Kier molecular flexibility index (Phi) is 2.43. The number of anilines is 1. The van der Waals surface area contributed by atoms with E-state index in [2.05, 4.69) is 0 Å². The van der Waals surface area contributed by atoms with Gasteiger partial charge in [0.25, 0.3) is 5.69 Å². The minimum absolute atomic E-state index is 0.0121. The number of rotatable bonds is 2. The van der Waals surface area contributed by atoms with E-state index in [1.165, 1.54) is 6.07 Å². The fourth-order valence-corrected chi connectivity index (χ4v) is 1.79. The van der Waals surface area contributed by atoms with Gasteiger partial charge in [0.1, 0.15) is 0 Å². The van der Waals surface area contributed by atoms with Crippen LogP contribution in [0.3, 0.4) is 0 Å². The molecule has 0 aliphatic carbocycles. The molecule has 0 heterocycles. The highest BCUT2D eigenvalue weighted by molar-refractivity contribution is 7.90. The van der Waals surface area contributed by atoms with Gasteiger partial charge in [-0.05, 0) is 6.07 Å². The predicted molar refractivity (Wildman–Crippen MR) is 50.6 cm³/mol. The second kappa shape index (κ2) is 3.26. The van der Waals surface area contributed by atoms with Crippen molar-refractivity contribution in [2.45, 2.75) is 4.90 Å². The number of nitrogen functional groups attached to an aromatic ring is 1. The van der Waals surface area contributed by atoms with Crippen molar-refractivity contribution in [1.82, 2.24) is 0 Å². The standard InChI is InChI=1S/C7H8N2O4S/c1-14(12,13)7-4-5(9(10)11)2-3-6(7)8/h2-4H,8H2,1H3. The molecule has 6 nitrogen and oxygen atoms in total. The molecule has 0 aliphatic rings. The number of benzene rings is 1. The van der Waals surface area contributed by atoms with Crippen molar-refractivity contribution in [2.24, 2.45) is 0 Å². The first-order valence-corrected chi connectivity index (χ1v) is 5.45. The molecule has 0 bridgehead atoms. The topological polar surface area (TPSA) is 103 Å². The third-order valence-electron chi connectivity index (χ3n) is 1.61. The molecular formula is C7H8N2O4S. The summed E-state index contributed by atoms with van der Waals surface area (Å²) in [6.45, 7) is 0. The summed E-state index contributed by atoms with van der Waals surface area (Å²) in [7, 11) is -3.52. The zero-order chi connectivity index (χ0) is 10.9. The van der Waals surface area contributed by atoms with Crippen LogP contribution < -0.4 is 5.73 Å². The Morgan fingerprint density at radius 1 is 1.43 bits per heavy atom. The average Bonchev–Trinajstić information content (AvgIpc) is 2.02. The van der Waals surface area contributed by atoms with E-state index in [0.717, 1.165) is 18.4 Å². The monoisotopic (exact) mass is 216 g/mol. The fourth-order valence-electron chi connectivity index (χ4n) is 0.958. The van der Waals surface area contributed by atoms with Gasteiger partial charge in [-0.1, -0.05) is 0 Å². The molecule has 0 atom stereocenters. The summed E-state index contributed by atoms with van der Waals surface area (Å²) < 4.78 is 22.3. The van der Waals surface area contributed by atoms with Gasteiger partial charge in [0.2, 0.25) is 0 Å². The van der Waals surface area contributed by atoms with Gasteiger partial charge in [0, 0.05) is 18.4 Å². The van der Waals surface area contributed by atoms with Crippen molar-refractivity contribution < 1.29 is 13.3 Å². The maximum atomic E-state index is 11.1. The Morgan fingerprint density at radius 2 is 2.00 bits per heavy atom. The predicted octanol–water partition coefficient (Wildman–Crippen LogP) is 0.581. The summed E-state index contributed by atoms with van der Waals surface area (Å²) in [5.74, 6) is 0. The van der Waals surface area contributed by atoms with Crippen molar-refractivity contribution in [3.05, 3.63) is 28.3 Å². The van der Waals surface area contributed by atoms with Crippen molar-refractivity contribution in [2.75, 3.05) is 12.0 Å². The minimum Gasteiger partial charge on any atom is -0.398 e. The normalized spacial score (nSPS) is 11.2. The smallest absolute Gasteiger partial charge is 0.270 e. The molecule has 0 aliphatic heterocycles. The Morgan fingerprint density at radius 3 is 2.43 bits per heavy atom. The van der Waals surface area contributed by atoms with Crippen molar-refractivity contribution in [1.29, 1.82) is 0 Å². The van der Waals surface area contributed by atoms with Crippen molar-refractivity contribution in [3.8, 4) is 0 Å². The molecule has 0 saturated carbocycles. The lowest BCUT2D eigenvalue weighted by Crippen LogP contribution is -2.03. The number of nitro groups is 1. The number of nitro benzene ring substituents is 1. The van der Waals surface area contributed by atoms with Gasteiger partial charge in [0.05, 0.1) is 15.5 Å². The Hall–Kier alpha value is -1.63. The van der Waals surface area contributed by atoms with E-state index >= 15 is 0 Å². The lowest BCUT2D eigenvalue weighted by molar-refractivity contribution is -0.385. The lowest BCUT2D eigenvalue weighted by atomic mass is 10.3. The van der Waals surface area contributed by atoms with E-state index < -0.39 is 14.8 Å². The van der Waals surface area contributed by atoms with Crippen LogP contribution in [-0.2, 0) is 9.84 Å². The van der Waals surface area contributed by atoms with Crippen LogP contribution >= 0.6 is 0 Å². The number of nitrogens with two attached hydrogens (primary N) is 1. The second-order valence-electron chi connectivity index (χ2n) is 2.75. The van der Waals surface area contributed by atoms with E-state index in [1.54, 1.807) is 0 Å². The first-order chi connectivity index (χ1) is 6.32. The molecule has 1 rings (SSSR count). The van der Waals surface area contributed by atoms with Crippen molar-refractivity contribution >= 4 is 21.2 Å². The highest BCUT2D eigenvalue weighted by Gasteiger charge is 2.16. The third kappa shape index (κ3) is 1.99. The molecule has 1 aromatic rings. The maximum Gasteiger partial charge on any atom is 0.270 e. The summed E-state index contributed by atoms with van der Waals surface area (Å²) >= 11 is 0. The Labute approximate surface area is 80.4 Å². The average molecular weight is 216 g/mol. The number of hydrogen-bond donors (Lipinski definition) is 1. The van der Waals surface area contributed by atoms with Gasteiger partial charge in [-0.25, -0.2) is 8.42 Å². The van der Waals surface area contributed by atoms with E-state index in [4.69, 9.17) is 5.73 Å². The summed E-state index contributed by atoms with van der Waals surface area (Å²) in [4.78, 5) is 9.47. The highest BCUT2D eigenvalue weighted by atomic mass is 32.2. The molecule has 0 fully saturated rings. The molecule has 1 aromatic carbocycles. The SMILES string of the molecule is CS(=O)(=O)c1cc([N+](=O)[O-])ccc1N. The number of hydrogen-bond acceptors (Lipinski definition) is 5. The number of sulfone groups is 1. The van der Waals surface area contributed by atoms with Crippen molar-refractivity contribution in [3.63, 3.8) is 0 Å². The van der Waals surface area contributed by atoms with E-state index in [-0.39, 0.29) is 16.3 Å². The van der Waals surface area contributed by atoms with Gasteiger partial charge in [0.15, 0.2) is 9.84 Å². The zero-order valence-corrected chi connectivity index (χ0v) is 8.11. The number of nitrogens with zero attached hydrogens (tertiary/aromatic N) is 1. The molecule has 7 heteroatoms. The number of non-ortho nitro benzene ring substituents is 1.